The number of fused-ring (bicyclic) bond motifs is 7. The normalized spacial score (nSPS) is 40.6. The molecule has 1 aromatic carbocycles. The minimum atomic E-state index is -0.452. The van der Waals surface area contributed by atoms with Gasteiger partial charge >= 0.3 is 5.97 Å². The van der Waals surface area contributed by atoms with Crippen molar-refractivity contribution in [2.75, 3.05) is 20.3 Å². The minimum absolute atomic E-state index is 0.0615. The van der Waals surface area contributed by atoms with Crippen molar-refractivity contribution in [2.24, 2.45) is 56.7 Å². The molecule has 56 heavy (non-hydrogen) atoms. The number of amides is 2. The number of rotatable bonds is 9. The number of methoxy groups -OCH3 is 1. The summed E-state index contributed by atoms with van der Waals surface area (Å²) in [6, 6.07) is 11.0. The fourth-order valence-corrected chi connectivity index (χ4v) is 14.4. The lowest BCUT2D eigenvalue weighted by Crippen LogP contribution is -2.67. The zero-order chi connectivity index (χ0) is 39.9. The number of ether oxygens (including phenoxy) is 2. The Morgan fingerprint density at radius 2 is 1.62 bits per heavy atom. The summed E-state index contributed by atoms with van der Waals surface area (Å²) in [5.41, 5.74) is 2.56. The van der Waals surface area contributed by atoms with E-state index in [4.69, 9.17) is 9.47 Å². The van der Waals surface area contributed by atoms with Crippen LogP contribution in [0.3, 0.4) is 0 Å². The highest BCUT2D eigenvalue weighted by molar-refractivity contribution is 5.94. The van der Waals surface area contributed by atoms with Gasteiger partial charge in [-0.2, -0.15) is 0 Å². The Hall–Kier alpha value is -3.30. The van der Waals surface area contributed by atoms with Crippen molar-refractivity contribution in [1.29, 1.82) is 0 Å². The number of aliphatic hydroxyl groups is 1. The number of pyridine rings is 1. The molecule has 8 rings (SSSR count). The van der Waals surface area contributed by atoms with E-state index in [-0.39, 0.29) is 57.1 Å². The molecule has 304 valence electrons. The molecule has 1 aromatic heterocycles. The zero-order valence-corrected chi connectivity index (χ0v) is 34.8. The molecule has 5 unspecified atom stereocenters. The van der Waals surface area contributed by atoms with Crippen molar-refractivity contribution in [3.63, 3.8) is 0 Å². The first-order valence-electron chi connectivity index (χ1n) is 21.5. The molecular weight excluding hydrogens is 703 g/mol. The highest BCUT2D eigenvalue weighted by atomic mass is 16.6. The molecule has 0 spiro atoms. The van der Waals surface area contributed by atoms with Crippen molar-refractivity contribution < 1.29 is 29.0 Å². The number of carbonyl (C=O) groups excluding carboxylic acids is 3. The number of aromatic nitrogens is 1. The van der Waals surface area contributed by atoms with Crippen LogP contribution in [0, 0.1) is 56.7 Å². The molecule has 2 amide bonds. The van der Waals surface area contributed by atoms with E-state index in [1.54, 1.807) is 18.2 Å². The summed E-state index contributed by atoms with van der Waals surface area (Å²) < 4.78 is 11.0. The monoisotopic (exact) mass is 767 g/mol. The Morgan fingerprint density at radius 3 is 2.34 bits per heavy atom. The number of nitrogens with zero attached hydrogens (tertiary/aromatic N) is 1. The molecule has 5 saturated carbocycles. The number of nitrogens with one attached hydrogen (secondary N) is 2. The van der Waals surface area contributed by atoms with E-state index in [2.05, 4.69) is 57.2 Å². The molecule has 0 bridgehead atoms. The molecule has 6 fully saturated rings. The van der Waals surface area contributed by atoms with Crippen LogP contribution in [-0.2, 0) is 27.2 Å². The van der Waals surface area contributed by atoms with Crippen LogP contribution in [0.25, 0.3) is 0 Å². The Morgan fingerprint density at radius 1 is 0.839 bits per heavy atom. The summed E-state index contributed by atoms with van der Waals surface area (Å²) in [6.45, 7) is 16.4. The Bertz CT molecular complexity index is 1860. The maximum atomic E-state index is 14.8. The van der Waals surface area contributed by atoms with E-state index in [1.807, 2.05) is 18.2 Å². The van der Waals surface area contributed by atoms with E-state index in [0.29, 0.717) is 59.4 Å². The molecule has 0 radical (unpaired) electrons. The molecule has 3 N–H and O–H groups in total. The molecule has 2 heterocycles. The standard InChI is InChI=1S/C47H65N3O6/c1-42(2)35-16-20-45(5)36(43(35,3)19-17-37(42)51)14-13-33-38-34(46(6)28-56-46)15-21-47(38,23-22-44(33,45)4)41(54)48-24-18-29-9-8-10-30(25-29)39(52)50-27-32-12-11-31(26-49-32)40(53)55-7/h8-12,25-26,33-38,51H,13-24,27-28H2,1-7H3,(H,48,54)(H,50,52)/t33?,34-,35?,36?,37+,38?,43+,44-,45-,46?,47+/m1/s1. The number of esters is 1. The maximum Gasteiger partial charge on any atom is 0.339 e. The van der Waals surface area contributed by atoms with Crippen LogP contribution >= 0.6 is 0 Å². The van der Waals surface area contributed by atoms with Crippen LogP contribution in [0.2, 0.25) is 0 Å². The molecule has 6 aliphatic rings. The number of hydrogen-bond acceptors (Lipinski definition) is 7. The second kappa shape index (κ2) is 13.9. The molecule has 9 heteroatoms. The number of benzene rings is 1. The first-order chi connectivity index (χ1) is 26.5. The summed E-state index contributed by atoms with van der Waals surface area (Å²) in [5.74, 6) is 1.92. The predicted molar refractivity (Wildman–Crippen MR) is 214 cm³/mol. The fourth-order valence-electron chi connectivity index (χ4n) is 14.4. The average Bonchev–Trinajstić information content (AvgIpc) is 3.80. The second-order valence-electron chi connectivity index (χ2n) is 20.4. The number of hydrogen-bond donors (Lipinski definition) is 3. The lowest BCUT2D eigenvalue weighted by Gasteiger charge is -2.72. The van der Waals surface area contributed by atoms with Gasteiger partial charge in [-0.15, -0.1) is 0 Å². The Balaban J connectivity index is 0.956. The van der Waals surface area contributed by atoms with Crippen molar-refractivity contribution >= 4 is 17.8 Å². The average molecular weight is 768 g/mol. The lowest BCUT2D eigenvalue weighted by molar-refractivity contribution is -0.248. The quantitative estimate of drug-likeness (QED) is 0.176. The highest BCUT2D eigenvalue weighted by Gasteiger charge is 2.73. The SMILES string of the molecule is COC(=O)c1ccc(CNC(=O)c2cccc(CCNC(=O)[C@]34CC[C@@H](C5(C)CO5)C3C3CCC5[C@@]6(C)CC[C@H](O)C(C)(C)C6CC[C@@]5(C)[C@]3(C)CC4)c2)nc1. The predicted octanol–water partition coefficient (Wildman–Crippen LogP) is 7.69. The van der Waals surface area contributed by atoms with Crippen molar-refractivity contribution in [2.45, 2.75) is 130 Å². The van der Waals surface area contributed by atoms with Crippen molar-refractivity contribution in [3.8, 4) is 0 Å². The lowest BCUT2D eigenvalue weighted by atomic mass is 9.32. The largest absolute Gasteiger partial charge is 0.465 e. The molecule has 9 nitrogen and oxygen atoms in total. The molecular formula is C47H65N3O6. The van der Waals surface area contributed by atoms with Gasteiger partial charge in [0.05, 0.1) is 48.6 Å². The molecule has 1 saturated heterocycles. The fraction of sp³-hybridized carbons (Fsp3) is 0.702. The van der Waals surface area contributed by atoms with E-state index >= 15 is 0 Å². The van der Waals surface area contributed by atoms with Gasteiger partial charge < -0.3 is 25.2 Å². The van der Waals surface area contributed by atoms with Gasteiger partial charge in [0.15, 0.2) is 0 Å². The summed E-state index contributed by atoms with van der Waals surface area (Å²) in [6.07, 6.45) is 12.7. The van der Waals surface area contributed by atoms with Crippen LogP contribution in [0.5, 0.6) is 0 Å². The van der Waals surface area contributed by atoms with Crippen LogP contribution in [0.4, 0.5) is 0 Å². The second-order valence-corrected chi connectivity index (χ2v) is 20.4. The number of aliphatic hydroxyl groups excluding tert-OH is 1. The third kappa shape index (κ3) is 6.06. The van der Waals surface area contributed by atoms with Gasteiger partial charge in [-0.25, -0.2) is 4.79 Å². The number of epoxide rings is 1. The third-order valence-electron chi connectivity index (χ3n) is 17.8. The van der Waals surface area contributed by atoms with E-state index in [0.717, 1.165) is 50.7 Å². The first-order valence-corrected chi connectivity index (χ1v) is 21.5. The Kier molecular flexibility index (Phi) is 9.83. The van der Waals surface area contributed by atoms with Gasteiger partial charge in [0.1, 0.15) is 0 Å². The van der Waals surface area contributed by atoms with Crippen LogP contribution in [0.15, 0.2) is 42.6 Å². The third-order valence-corrected chi connectivity index (χ3v) is 17.8. The van der Waals surface area contributed by atoms with Crippen molar-refractivity contribution in [1.82, 2.24) is 15.6 Å². The first kappa shape index (κ1) is 39.5. The topological polar surface area (TPSA) is 130 Å². The summed E-state index contributed by atoms with van der Waals surface area (Å²) >= 11 is 0. The van der Waals surface area contributed by atoms with Gasteiger partial charge in [0.2, 0.25) is 5.91 Å². The zero-order valence-electron chi connectivity index (χ0n) is 34.8. The highest BCUT2D eigenvalue weighted by Crippen LogP contribution is 2.78. The van der Waals surface area contributed by atoms with Gasteiger partial charge in [0.25, 0.3) is 5.91 Å². The maximum absolute atomic E-state index is 14.8. The van der Waals surface area contributed by atoms with Gasteiger partial charge in [-0.3, -0.25) is 14.6 Å². The van der Waals surface area contributed by atoms with Gasteiger partial charge in [-0.05, 0) is 159 Å². The van der Waals surface area contributed by atoms with Crippen LogP contribution < -0.4 is 10.6 Å². The van der Waals surface area contributed by atoms with Crippen LogP contribution in [-0.4, -0.2) is 59.8 Å². The summed E-state index contributed by atoms with van der Waals surface area (Å²) in [7, 11) is 1.33. The van der Waals surface area contributed by atoms with Gasteiger partial charge in [0, 0.05) is 18.3 Å². The smallest absolute Gasteiger partial charge is 0.339 e. The molecule has 11 atom stereocenters. The van der Waals surface area contributed by atoms with E-state index < -0.39 is 5.97 Å². The molecule has 2 aromatic rings. The molecule has 5 aliphatic carbocycles. The Labute approximate surface area is 333 Å². The minimum Gasteiger partial charge on any atom is -0.465 e. The van der Waals surface area contributed by atoms with Gasteiger partial charge in [-0.1, -0.05) is 46.8 Å². The number of carbonyl (C=O) groups is 3. The summed E-state index contributed by atoms with van der Waals surface area (Å²) in [4.78, 5) is 43.9. The summed E-state index contributed by atoms with van der Waals surface area (Å²) in [5, 5.41) is 17.5. The van der Waals surface area contributed by atoms with E-state index in [9.17, 15) is 19.5 Å². The van der Waals surface area contributed by atoms with Crippen LogP contribution in [0.1, 0.15) is 138 Å². The van der Waals surface area contributed by atoms with Crippen molar-refractivity contribution in [3.05, 3.63) is 65.0 Å². The molecule has 1 aliphatic heterocycles. The van der Waals surface area contributed by atoms with E-state index in [1.165, 1.54) is 39.0 Å².